The molecule has 81 heavy (non-hydrogen) atoms. The van der Waals surface area contributed by atoms with Crippen LogP contribution in [0, 0.1) is 11.3 Å². The highest BCUT2D eigenvalue weighted by Gasteiger charge is 2.40. The maximum Gasteiger partial charge on any atom is 0.410 e. The summed E-state index contributed by atoms with van der Waals surface area (Å²) in [6, 6.07) is 10.8. The van der Waals surface area contributed by atoms with Crippen LogP contribution in [0.3, 0.4) is 0 Å². The Morgan fingerprint density at radius 1 is 0.938 bits per heavy atom. The summed E-state index contributed by atoms with van der Waals surface area (Å²) in [5.41, 5.74) is 8.47. The second kappa shape index (κ2) is 25.4. The van der Waals surface area contributed by atoms with Crippen molar-refractivity contribution in [2.24, 2.45) is 11.3 Å². The number of halogens is 2. The monoisotopic (exact) mass is 1120 g/mol. The number of ether oxygens (including phenoxy) is 2. The van der Waals surface area contributed by atoms with E-state index in [1.807, 2.05) is 59.0 Å². The summed E-state index contributed by atoms with van der Waals surface area (Å²) in [6.07, 6.45) is 5.52. The molecule has 6 bridgehead atoms. The molecule has 0 radical (unpaired) electrons. The van der Waals surface area contributed by atoms with Gasteiger partial charge in [-0.25, -0.2) is 19.0 Å². The van der Waals surface area contributed by atoms with E-state index in [4.69, 9.17) is 14.5 Å². The fraction of sp³-hybridized carbons (Fsp3) is 0.635. The number of nitrogens with zero attached hydrogens (tertiary/aromatic N) is 7. The van der Waals surface area contributed by atoms with E-state index >= 15 is 18.4 Å². The highest BCUT2D eigenvalue weighted by atomic mass is 19.3. The summed E-state index contributed by atoms with van der Waals surface area (Å²) < 4.78 is 44.8. The predicted octanol–water partition coefficient (Wildman–Crippen LogP) is 9.84. The average molecular weight is 1120 g/mol. The summed E-state index contributed by atoms with van der Waals surface area (Å²) >= 11 is 0. The number of aliphatic hydroxyl groups excluding tert-OH is 1. The molecule has 5 aliphatic rings. The lowest BCUT2D eigenvalue weighted by molar-refractivity contribution is -0.155. The molecule has 4 fully saturated rings. The van der Waals surface area contributed by atoms with Crippen molar-refractivity contribution < 1.29 is 42.5 Å². The molecule has 3 N–H and O–H groups in total. The van der Waals surface area contributed by atoms with Crippen molar-refractivity contribution >= 4 is 40.5 Å². The third-order valence-corrected chi connectivity index (χ3v) is 17.5. The molecule has 1 saturated carbocycles. The van der Waals surface area contributed by atoms with Crippen molar-refractivity contribution in [1.82, 2.24) is 40.0 Å². The Balaban J connectivity index is 1.12. The topological polar surface area (TPSA) is 165 Å². The Kier molecular flexibility index (Phi) is 18.8. The molecule has 0 unspecified atom stereocenters. The molecule has 2 aromatic carbocycles. The minimum absolute atomic E-state index is 0.00662. The smallest absolute Gasteiger partial charge is 0.410 e. The van der Waals surface area contributed by atoms with E-state index in [0.29, 0.717) is 86.8 Å². The molecular formula is C63H89F2N9O7. The van der Waals surface area contributed by atoms with Crippen LogP contribution in [0.25, 0.3) is 33.3 Å². The van der Waals surface area contributed by atoms with Crippen LogP contribution < -0.4 is 15.6 Å². The number of nitrogens with one attached hydrogen (secondary N) is 2. The quantitative estimate of drug-likeness (QED) is 0.0967. The first-order valence-electron chi connectivity index (χ1n) is 30.2. The van der Waals surface area contributed by atoms with E-state index in [-0.39, 0.29) is 37.0 Å². The number of rotatable bonds is 15. The number of piperazine rings is 1. The van der Waals surface area contributed by atoms with Gasteiger partial charge in [0, 0.05) is 92.3 Å². The number of carbonyl (C=O) groups excluding carboxylic acids is 4. The molecule has 18 heteroatoms. The van der Waals surface area contributed by atoms with Gasteiger partial charge in [0.25, 0.3) is 12.3 Å². The number of alkyl halides is 2. The number of aromatic nitrogens is 2. The van der Waals surface area contributed by atoms with Crippen LogP contribution in [0.1, 0.15) is 155 Å². The standard InChI is InChI=1S/C63H89F2N9O7/c1-10-69(25-17-26-70(11-2)61(79)81-62(5,6)7)55(42-18-13-14-19-42)58(76)67-52-32-41-30-44(33-45(31-41)57(64)65)43-22-23-53-48(34-43)50(36-63(8,9)39-80-60(78)51-21-16-27-74(68-51)59(52)77)56(73(53)12-3)49-35-47(37-66-54(49)40(4)75)72-29-28-71-24-15-20-46(71)38-72/h22-23,30-31,33-35,37,40,42,46,51-52,55,57,68,75H,10-21,24-29,32,36,38-39H2,1-9H3,(H,67,76)/t40-,46+,51-,52-,55-/m0/s1. The van der Waals surface area contributed by atoms with E-state index in [2.05, 4.69) is 62.9 Å². The lowest BCUT2D eigenvalue weighted by atomic mass is 9.84. The number of esters is 1. The number of carbonyl (C=O) groups is 4. The van der Waals surface area contributed by atoms with Gasteiger partial charge in [0.2, 0.25) is 5.91 Å². The maximum atomic E-state index is 15.3. The van der Waals surface area contributed by atoms with Gasteiger partial charge in [0.15, 0.2) is 0 Å². The summed E-state index contributed by atoms with van der Waals surface area (Å²) in [5.74, 6) is -1.30. The number of aryl methyl sites for hydroxylation is 1. The highest BCUT2D eigenvalue weighted by Crippen LogP contribution is 2.44. The van der Waals surface area contributed by atoms with Crippen molar-refractivity contribution in [2.75, 3.05) is 70.4 Å². The second-order valence-electron chi connectivity index (χ2n) is 25.2. The number of cyclic esters (lactones) is 1. The second-order valence-corrected chi connectivity index (χ2v) is 25.2. The third kappa shape index (κ3) is 13.7. The number of pyridine rings is 1. The number of anilines is 1. The molecule has 9 rings (SSSR count). The minimum atomic E-state index is -2.84. The first-order valence-corrected chi connectivity index (χ1v) is 30.2. The van der Waals surface area contributed by atoms with Crippen LogP contribution in [0.4, 0.5) is 19.3 Å². The van der Waals surface area contributed by atoms with Gasteiger partial charge in [-0.1, -0.05) is 51.8 Å². The van der Waals surface area contributed by atoms with E-state index in [9.17, 15) is 14.7 Å². The minimum Gasteiger partial charge on any atom is -0.464 e. The first-order chi connectivity index (χ1) is 38.6. The molecule has 4 aromatic rings. The third-order valence-electron chi connectivity index (χ3n) is 17.5. The zero-order valence-electron chi connectivity index (χ0n) is 49.5. The van der Waals surface area contributed by atoms with Gasteiger partial charge in [0.05, 0.1) is 42.0 Å². The van der Waals surface area contributed by atoms with Gasteiger partial charge in [-0.2, -0.15) is 0 Å². The van der Waals surface area contributed by atoms with Gasteiger partial charge in [0.1, 0.15) is 17.7 Å². The van der Waals surface area contributed by atoms with E-state index < -0.39 is 59.6 Å². The molecule has 0 spiro atoms. The largest absolute Gasteiger partial charge is 0.464 e. The molecule has 16 nitrogen and oxygen atoms in total. The van der Waals surface area contributed by atoms with Crippen LogP contribution in [0.2, 0.25) is 0 Å². The van der Waals surface area contributed by atoms with E-state index in [1.165, 1.54) is 23.6 Å². The molecular weight excluding hydrogens is 1030 g/mol. The van der Waals surface area contributed by atoms with Crippen LogP contribution in [0.5, 0.6) is 0 Å². The average Bonchev–Trinajstić information content (AvgIpc) is 4.26. The number of aliphatic hydroxyl groups is 1. The summed E-state index contributed by atoms with van der Waals surface area (Å²) in [7, 11) is 0. The fourth-order valence-corrected chi connectivity index (χ4v) is 13.4. The number of hydrazine groups is 1. The highest BCUT2D eigenvalue weighted by molar-refractivity contribution is 5.96. The zero-order chi connectivity index (χ0) is 57.9. The predicted molar refractivity (Wildman–Crippen MR) is 312 cm³/mol. The number of likely N-dealkylation sites (N-methyl/N-ethyl adjacent to an activating group) is 1. The molecule has 6 heterocycles. The summed E-state index contributed by atoms with van der Waals surface area (Å²) in [5, 5.41) is 17.0. The van der Waals surface area contributed by atoms with Crippen LogP contribution in [0.15, 0.2) is 48.7 Å². The van der Waals surface area contributed by atoms with Gasteiger partial charge >= 0.3 is 12.1 Å². The Bertz CT molecular complexity index is 2900. The number of hydrogen-bond donors (Lipinski definition) is 3. The molecule has 5 atom stereocenters. The van der Waals surface area contributed by atoms with Crippen molar-refractivity contribution in [3.8, 4) is 22.4 Å². The number of hydrogen-bond acceptors (Lipinski definition) is 12. The van der Waals surface area contributed by atoms with Gasteiger partial charge in [-0.15, -0.1) is 0 Å². The number of amides is 3. The van der Waals surface area contributed by atoms with Gasteiger partial charge in [-0.3, -0.25) is 34.2 Å². The van der Waals surface area contributed by atoms with Crippen molar-refractivity contribution in [1.29, 1.82) is 0 Å². The fourth-order valence-electron chi connectivity index (χ4n) is 13.4. The maximum absolute atomic E-state index is 15.3. The molecule has 3 saturated heterocycles. The number of benzene rings is 2. The Morgan fingerprint density at radius 2 is 1.70 bits per heavy atom. The zero-order valence-corrected chi connectivity index (χ0v) is 49.5. The van der Waals surface area contributed by atoms with Crippen LogP contribution in [-0.4, -0.2) is 154 Å². The molecule has 1 aliphatic carbocycles. The van der Waals surface area contributed by atoms with Crippen molar-refractivity contribution in [3.05, 3.63) is 71.0 Å². The van der Waals surface area contributed by atoms with Crippen LogP contribution >= 0.6 is 0 Å². The van der Waals surface area contributed by atoms with Crippen molar-refractivity contribution in [3.63, 3.8) is 0 Å². The van der Waals surface area contributed by atoms with Gasteiger partial charge < -0.3 is 34.3 Å². The summed E-state index contributed by atoms with van der Waals surface area (Å²) in [4.78, 5) is 71.5. The normalized spacial score (nSPS) is 22.0. The lowest BCUT2D eigenvalue weighted by Gasteiger charge is -2.39. The Hall–Kier alpha value is -5.69. The lowest BCUT2D eigenvalue weighted by Crippen LogP contribution is -2.62. The first kappa shape index (κ1) is 59.9. The molecule has 4 aliphatic heterocycles. The van der Waals surface area contributed by atoms with E-state index in [1.54, 1.807) is 11.8 Å². The Morgan fingerprint density at radius 3 is 2.41 bits per heavy atom. The van der Waals surface area contributed by atoms with Crippen molar-refractivity contribution in [2.45, 2.75) is 182 Å². The number of fused-ring (bicyclic) bond motifs is 7. The molecule has 3 amide bonds. The molecule has 2 aromatic heterocycles. The Labute approximate surface area is 478 Å². The SMILES string of the molecule is CCN(CCCN(CC)[C@H](C(=O)N[C@H]1Cc2cc(cc(C(F)F)c2)-c2ccc3c(c2)c(c(-c2cc(N4CCN5CCC[C@@H]5C4)cnc2[C@H](C)O)n3CC)CC(C)(C)COC(=O)[C@@H]2CCCN(N2)C1=O)C1CCCC1)C(=O)OC(C)(C)C. The van der Waals surface area contributed by atoms with Gasteiger partial charge in [-0.05, 0) is 158 Å². The van der Waals surface area contributed by atoms with Crippen LogP contribution in [-0.2, 0) is 43.2 Å². The summed E-state index contributed by atoms with van der Waals surface area (Å²) in [6.45, 7) is 24.1. The molecule has 442 valence electrons. The van der Waals surface area contributed by atoms with E-state index in [0.717, 1.165) is 91.7 Å².